The Bertz CT molecular complexity index is 1020. The lowest BCUT2D eigenvalue weighted by Gasteiger charge is -2.27. The van der Waals surface area contributed by atoms with Gasteiger partial charge in [-0.2, -0.15) is 5.10 Å². The number of benzene rings is 1. The molecule has 1 aromatic carbocycles. The van der Waals surface area contributed by atoms with Crippen LogP contribution < -0.4 is 5.32 Å². The van der Waals surface area contributed by atoms with Gasteiger partial charge in [-0.15, -0.1) is 0 Å². The Kier molecular flexibility index (Phi) is 6.21. The summed E-state index contributed by atoms with van der Waals surface area (Å²) in [5.74, 6) is -0.178. The molecule has 0 spiro atoms. The second kappa shape index (κ2) is 9.19. The minimum Gasteiger partial charge on any atom is -0.394 e. The summed E-state index contributed by atoms with van der Waals surface area (Å²) < 4.78 is 1.79. The van der Waals surface area contributed by atoms with Gasteiger partial charge >= 0.3 is 0 Å². The molecular weight excluding hydrogens is 378 g/mol. The average Bonchev–Trinajstić information content (AvgIpc) is 3.11. The molecule has 1 amide bonds. The van der Waals surface area contributed by atoms with Crippen molar-refractivity contribution >= 4 is 5.91 Å². The summed E-state index contributed by atoms with van der Waals surface area (Å²) in [5.41, 5.74) is 5.52. The minimum atomic E-state index is -0.178. The van der Waals surface area contributed by atoms with Gasteiger partial charge < -0.3 is 10.4 Å². The lowest BCUT2D eigenvalue weighted by Crippen LogP contribution is -2.32. The van der Waals surface area contributed by atoms with E-state index in [9.17, 15) is 9.90 Å². The standard InChI is InChI=1S/C23H27N5O2/c1-17-6-5-9-19(25-17)15-27-11-10-21-20(16-27)22(26-28(21)12-13-29)23(30)24-14-18-7-3-2-4-8-18/h2-9,29H,10-16H2,1H3,(H,24,30). The predicted octanol–water partition coefficient (Wildman–Crippen LogP) is 2.07. The molecule has 30 heavy (non-hydrogen) atoms. The Morgan fingerprint density at radius 3 is 2.77 bits per heavy atom. The van der Waals surface area contributed by atoms with Crippen LogP contribution in [0.1, 0.15) is 38.7 Å². The largest absolute Gasteiger partial charge is 0.394 e. The van der Waals surface area contributed by atoms with Crippen molar-refractivity contribution in [1.82, 2.24) is 25.0 Å². The molecule has 2 aromatic heterocycles. The minimum absolute atomic E-state index is 0.00385. The fraction of sp³-hybridized carbons (Fsp3) is 0.348. The zero-order valence-electron chi connectivity index (χ0n) is 17.2. The van der Waals surface area contributed by atoms with Gasteiger partial charge in [0, 0.05) is 49.6 Å². The van der Waals surface area contributed by atoms with Crippen molar-refractivity contribution in [3.8, 4) is 0 Å². The van der Waals surface area contributed by atoms with Gasteiger partial charge in [-0.05, 0) is 24.6 Å². The van der Waals surface area contributed by atoms with Gasteiger partial charge in [-0.25, -0.2) is 0 Å². The summed E-state index contributed by atoms with van der Waals surface area (Å²) in [4.78, 5) is 19.8. The van der Waals surface area contributed by atoms with Crippen LogP contribution in [0.4, 0.5) is 0 Å². The quantitative estimate of drug-likeness (QED) is 0.629. The van der Waals surface area contributed by atoms with Crippen LogP contribution in [0.3, 0.4) is 0 Å². The van der Waals surface area contributed by atoms with E-state index in [-0.39, 0.29) is 12.5 Å². The van der Waals surface area contributed by atoms with Crippen molar-refractivity contribution in [2.45, 2.75) is 39.5 Å². The highest BCUT2D eigenvalue weighted by atomic mass is 16.3. The number of pyridine rings is 1. The maximum atomic E-state index is 12.9. The molecule has 1 aliphatic heterocycles. The molecule has 7 heteroatoms. The molecule has 0 radical (unpaired) electrons. The number of hydrogen-bond acceptors (Lipinski definition) is 5. The average molecular weight is 406 g/mol. The number of hydrogen-bond donors (Lipinski definition) is 2. The molecule has 0 atom stereocenters. The van der Waals surface area contributed by atoms with Crippen LogP contribution in [0, 0.1) is 6.92 Å². The van der Waals surface area contributed by atoms with E-state index >= 15 is 0 Å². The van der Waals surface area contributed by atoms with Crippen LogP contribution in [0.5, 0.6) is 0 Å². The first-order valence-corrected chi connectivity index (χ1v) is 10.3. The highest BCUT2D eigenvalue weighted by molar-refractivity contribution is 5.94. The molecule has 0 saturated heterocycles. The van der Waals surface area contributed by atoms with Crippen molar-refractivity contribution in [2.24, 2.45) is 0 Å². The number of aromatic nitrogens is 3. The van der Waals surface area contributed by atoms with Crippen LogP contribution in [0.25, 0.3) is 0 Å². The summed E-state index contributed by atoms with van der Waals surface area (Å²) >= 11 is 0. The number of nitrogens with zero attached hydrogens (tertiary/aromatic N) is 4. The Balaban J connectivity index is 1.52. The molecule has 0 fully saturated rings. The lowest BCUT2D eigenvalue weighted by molar-refractivity contribution is 0.0942. The highest BCUT2D eigenvalue weighted by Crippen LogP contribution is 2.24. The van der Waals surface area contributed by atoms with Gasteiger partial charge in [0.1, 0.15) is 0 Å². The third-order valence-electron chi connectivity index (χ3n) is 5.37. The maximum absolute atomic E-state index is 12.9. The molecule has 2 N–H and O–H groups in total. The van der Waals surface area contributed by atoms with Gasteiger partial charge in [0.15, 0.2) is 5.69 Å². The summed E-state index contributed by atoms with van der Waals surface area (Å²) in [6.45, 7) is 5.08. The van der Waals surface area contributed by atoms with Crippen LogP contribution >= 0.6 is 0 Å². The first-order chi connectivity index (χ1) is 14.6. The first kappa shape index (κ1) is 20.3. The monoisotopic (exact) mass is 405 g/mol. The highest BCUT2D eigenvalue weighted by Gasteiger charge is 2.28. The Labute approximate surface area is 176 Å². The molecule has 156 valence electrons. The SMILES string of the molecule is Cc1cccc(CN2CCc3c(c(C(=O)NCc4ccccc4)nn3CCO)C2)n1. The Morgan fingerprint density at radius 1 is 1.17 bits per heavy atom. The number of aryl methyl sites for hydroxylation is 1. The van der Waals surface area contributed by atoms with Gasteiger partial charge in [0.2, 0.25) is 0 Å². The maximum Gasteiger partial charge on any atom is 0.272 e. The van der Waals surface area contributed by atoms with Crippen molar-refractivity contribution in [3.05, 3.63) is 82.4 Å². The molecule has 4 rings (SSSR count). The number of nitrogens with one attached hydrogen (secondary N) is 1. The number of rotatable bonds is 7. The molecule has 1 aliphatic rings. The number of aliphatic hydroxyl groups excluding tert-OH is 1. The molecule has 3 heterocycles. The fourth-order valence-corrected chi connectivity index (χ4v) is 3.92. The van der Waals surface area contributed by atoms with Crippen molar-refractivity contribution in [2.75, 3.05) is 13.2 Å². The first-order valence-electron chi connectivity index (χ1n) is 10.3. The van der Waals surface area contributed by atoms with E-state index in [1.807, 2.05) is 55.5 Å². The predicted molar refractivity (Wildman–Crippen MR) is 114 cm³/mol. The van der Waals surface area contributed by atoms with Gasteiger partial charge in [0.25, 0.3) is 5.91 Å². The molecular formula is C23H27N5O2. The van der Waals surface area contributed by atoms with Gasteiger partial charge in [-0.1, -0.05) is 36.4 Å². The topological polar surface area (TPSA) is 83.3 Å². The van der Waals surface area contributed by atoms with E-state index < -0.39 is 0 Å². The molecule has 3 aromatic rings. The number of carbonyl (C=O) groups is 1. The van der Waals surface area contributed by atoms with E-state index in [4.69, 9.17) is 0 Å². The Morgan fingerprint density at radius 2 is 2.00 bits per heavy atom. The van der Waals surface area contributed by atoms with Crippen molar-refractivity contribution in [1.29, 1.82) is 0 Å². The molecule has 0 aliphatic carbocycles. The van der Waals surface area contributed by atoms with E-state index in [1.165, 1.54) is 0 Å². The number of fused-ring (bicyclic) bond motifs is 1. The lowest BCUT2D eigenvalue weighted by atomic mass is 10.0. The second-order valence-electron chi connectivity index (χ2n) is 7.62. The van der Waals surface area contributed by atoms with Crippen molar-refractivity contribution in [3.63, 3.8) is 0 Å². The van der Waals surface area contributed by atoms with E-state index in [0.717, 1.165) is 47.7 Å². The van der Waals surface area contributed by atoms with Crippen LogP contribution in [0.2, 0.25) is 0 Å². The smallest absolute Gasteiger partial charge is 0.272 e. The van der Waals surface area contributed by atoms with Gasteiger partial charge in [-0.3, -0.25) is 19.4 Å². The summed E-state index contributed by atoms with van der Waals surface area (Å²) in [6.07, 6.45) is 0.792. The molecule has 0 bridgehead atoms. The van der Waals surface area contributed by atoms with Crippen LogP contribution in [0.15, 0.2) is 48.5 Å². The number of carbonyl (C=O) groups excluding carboxylic acids is 1. The molecule has 0 unspecified atom stereocenters. The van der Waals surface area contributed by atoms with E-state index in [1.54, 1.807) is 4.68 Å². The Hall–Kier alpha value is -3.03. The summed E-state index contributed by atoms with van der Waals surface area (Å²) in [5, 5.41) is 17.0. The third-order valence-corrected chi connectivity index (χ3v) is 5.37. The van der Waals surface area contributed by atoms with Crippen LogP contribution in [-0.2, 0) is 32.6 Å². The number of aliphatic hydroxyl groups is 1. The zero-order valence-corrected chi connectivity index (χ0v) is 17.2. The van der Waals surface area contributed by atoms with E-state index in [2.05, 4.69) is 20.3 Å². The summed E-state index contributed by atoms with van der Waals surface area (Å²) in [6, 6.07) is 15.9. The van der Waals surface area contributed by atoms with Crippen molar-refractivity contribution < 1.29 is 9.90 Å². The number of amides is 1. The zero-order chi connectivity index (χ0) is 20.9. The fourth-order valence-electron chi connectivity index (χ4n) is 3.92. The van der Waals surface area contributed by atoms with Gasteiger partial charge in [0.05, 0.1) is 18.8 Å². The molecule has 7 nitrogen and oxygen atoms in total. The molecule has 0 saturated carbocycles. The van der Waals surface area contributed by atoms with E-state index in [0.29, 0.717) is 25.3 Å². The van der Waals surface area contributed by atoms with Crippen LogP contribution in [-0.4, -0.2) is 43.8 Å². The normalized spacial score (nSPS) is 13.8. The second-order valence-corrected chi connectivity index (χ2v) is 7.62. The summed E-state index contributed by atoms with van der Waals surface area (Å²) in [7, 11) is 0. The third kappa shape index (κ3) is 4.58.